The van der Waals surface area contributed by atoms with Gasteiger partial charge in [0, 0.05) is 31.2 Å². The Labute approximate surface area is 132 Å². The van der Waals surface area contributed by atoms with Crippen LogP contribution in [0.2, 0.25) is 0 Å². The summed E-state index contributed by atoms with van der Waals surface area (Å²) < 4.78 is 0. The average molecular weight is 302 g/mol. The average Bonchev–Trinajstić information content (AvgIpc) is 3.36. The van der Waals surface area contributed by atoms with Crippen molar-refractivity contribution in [2.45, 2.75) is 50.0 Å². The van der Waals surface area contributed by atoms with Crippen LogP contribution in [0, 0.1) is 0 Å². The number of amides is 2. The van der Waals surface area contributed by atoms with Crippen molar-refractivity contribution < 1.29 is 9.90 Å². The number of carbonyl (C=O) groups is 1. The van der Waals surface area contributed by atoms with Crippen LogP contribution in [0.25, 0.3) is 0 Å². The summed E-state index contributed by atoms with van der Waals surface area (Å²) in [6.45, 7) is 1.69. The van der Waals surface area contributed by atoms with E-state index in [1.807, 2.05) is 11.0 Å². The number of likely N-dealkylation sites (tertiary alicyclic amines) is 1. The minimum Gasteiger partial charge on any atom is -0.396 e. The fourth-order valence-corrected chi connectivity index (χ4v) is 3.57. The van der Waals surface area contributed by atoms with Crippen molar-refractivity contribution in [3.8, 4) is 0 Å². The normalized spacial score (nSPS) is 23.1. The van der Waals surface area contributed by atoms with Gasteiger partial charge in [-0.25, -0.2) is 4.79 Å². The van der Waals surface area contributed by atoms with Crippen LogP contribution in [0.4, 0.5) is 4.79 Å². The fraction of sp³-hybridized carbons (Fsp3) is 0.611. The molecule has 1 aliphatic heterocycles. The number of hydrogen-bond acceptors (Lipinski definition) is 2. The Morgan fingerprint density at radius 3 is 2.73 bits per heavy atom. The van der Waals surface area contributed by atoms with Gasteiger partial charge in [-0.15, -0.1) is 0 Å². The smallest absolute Gasteiger partial charge is 0.317 e. The molecule has 4 nitrogen and oxygen atoms in total. The molecule has 1 atom stereocenters. The lowest BCUT2D eigenvalue weighted by Crippen LogP contribution is -2.50. The third kappa shape index (κ3) is 3.27. The van der Waals surface area contributed by atoms with Gasteiger partial charge in [0.2, 0.25) is 0 Å². The van der Waals surface area contributed by atoms with E-state index >= 15 is 0 Å². The van der Waals surface area contributed by atoms with E-state index < -0.39 is 0 Å². The van der Waals surface area contributed by atoms with Crippen molar-refractivity contribution in [3.05, 3.63) is 35.9 Å². The second-order valence-electron chi connectivity index (χ2n) is 6.66. The maximum Gasteiger partial charge on any atom is 0.317 e. The van der Waals surface area contributed by atoms with E-state index in [0.29, 0.717) is 6.42 Å². The van der Waals surface area contributed by atoms with Crippen LogP contribution in [-0.4, -0.2) is 41.8 Å². The Morgan fingerprint density at radius 1 is 1.27 bits per heavy atom. The number of hydrogen-bond donors (Lipinski definition) is 2. The van der Waals surface area contributed by atoms with Crippen molar-refractivity contribution in [2.24, 2.45) is 0 Å². The summed E-state index contributed by atoms with van der Waals surface area (Å²) in [6.07, 6.45) is 6.23. The molecule has 2 fully saturated rings. The first-order valence-corrected chi connectivity index (χ1v) is 8.46. The summed E-state index contributed by atoms with van der Waals surface area (Å²) in [5.41, 5.74) is 1.49. The fourth-order valence-electron chi connectivity index (χ4n) is 3.57. The summed E-state index contributed by atoms with van der Waals surface area (Å²) in [5, 5.41) is 12.3. The number of aliphatic hydroxyl groups excluding tert-OH is 1. The third-order valence-corrected chi connectivity index (χ3v) is 5.17. The van der Waals surface area contributed by atoms with Gasteiger partial charge >= 0.3 is 6.03 Å². The minimum absolute atomic E-state index is 0.0420. The molecule has 1 heterocycles. The number of carbonyl (C=O) groups excluding carboxylic acids is 1. The zero-order chi connectivity index (χ0) is 15.4. The van der Waals surface area contributed by atoms with Crippen LogP contribution >= 0.6 is 0 Å². The van der Waals surface area contributed by atoms with Gasteiger partial charge in [0.05, 0.1) is 0 Å². The molecule has 1 aromatic carbocycles. The summed E-state index contributed by atoms with van der Waals surface area (Å²) in [4.78, 5) is 14.5. The van der Waals surface area contributed by atoms with Crippen molar-refractivity contribution in [3.63, 3.8) is 0 Å². The molecule has 4 heteroatoms. The van der Waals surface area contributed by atoms with Gasteiger partial charge in [-0.1, -0.05) is 30.3 Å². The van der Waals surface area contributed by atoms with Crippen LogP contribution in [0.1, 0.15) is 44.1 Å². The molecule has 0 radical (unpaired) electrons. The largest absolute Gasteiger partial charge is 0.396 e. The van der Waals surface area contributed by atoms with Crippen molar-refractivity contribution in [2.75, 3.05) is 19.7 Å². The molecule has 1 aromatic rings. The van der Waals surface area contributed by atoms with Crippen LogP contribution in [0.3, 0.4) is 0 Å². The molecule has 2 N–H and O–H groups in total. The first-order valence-electron chi connectivity index (χ1n) is 8.46. The molecule has 1 aliphatic carbocycles. The molecule has 0 aromatic heterocycles. The lowest BCUT2D eigenvalue weighted by Gasteiger charge is -2.36. The lowest BCUT2D eigenvalue weighted by atomic mass is 9.96. The molecule has 3 rings (SSSR count). The molecule has 1 saturated carbocycles. The van der Waals surface area contributed by atoms with E-state index in [9.17, 15) is 9.90 Å². The van der Waals surface area contributed by atoms with E-state index in [0.717, 1.165) is 45.2 Å². The topological polar surface area (TPSA) is 52.6 Å². The van der Waals surface area contributed by atoms with Crippen molar-refractivity contribution in [1.29, 1.82) is 0 Å². The second kappa shape index (κ2) is 6.69. The number of nitrogens with zero attached hydrogens (tertiary/aromatic N) is 1. The SMILES string of the molecule is O=C(NCC1(c2ccccc2)CC1)N1CCCCC1CCO. The maximum absolute atomic E-state index is 12.5. The number of aliphatic hydroxyl groups is 1. The molecule has 2 amide bonds. The number of benzene rings is 1. The summed E-state index contributed by atoms with van der Waals surface area (Å²) in [5.74, 6) is 0. The van der Waals surface area contributed by atoms with E-state index in [2.05, 4.69) is 29.6 Å². The van der Waals surface area contributed by atoms with Gasteiger partial charge in [-0.2, -0.15) is 0 Å². The highest BCUT2D eigenvalue weighted by Gasteiger charge is 2.44. The highest BCUT2D eigenvalue weighted by Crippen LogP contribution is 2.47. The van der Waals surface area contributed by atoms with Crippen LogP contribution in [0.15, 0.2) is 30.3 Å². The number of piperidine rings is 1. The highest BCUT2D eigenvalue weighted by atomic mass is 16.3. The number of rotatable bonds is 5. The standard InChI is InChI=1S/C18H26N2O2/c21-13-9-16-8-4-5-12-20(16)17(22)19-14-18(10-11-18)15-6-2-1-3-7-15/h1-3,6-7,16,21H,4-5,8-14H2,(H,19,22). The van der Waals surface area contributed by atoms with Gasteiger partial charge in [-0.05, 0) is 44.1 Å². The molecule has 120 valence electrons. The maximum atomic E-state index is 12.5. The van der Waals surface area contributed by atoms with E-state index in [-0.39, 0.29) is 24.1 Å². The number of nitrogens with one attached hydrogen (secondary N) is 1. The monoisotopic (exact) mass is 302 g/mol. The summed E-state index contributed by atoms with van der Waals surface area (Å²) >= 11 is 0. The molecule has 2 aliphatic rings. The summed E-state index contributed by atoms with van der Waals surface area (Å²) in [6, 6.07) is 10.7. The minimum atomic E-state index is 0.0420. The van der Waals surface area contributed by atoms with Crippen molar-refractivity contribution in [1.82, 2.24) is 10.2 Å². The Hall–Kier alpha value is -1.55. The third-order valence-electron chi connectivity index (χ3n) is 5.17. The first-order chi connectivity index (χ1) is 10.7. The molecule has 0 bridgehead atoms. The Balaban J connectivity index is 1.58. The Morgan fingerprint density at radius 2 is 2.05 bits per heavy atom. The lowest BCUT2D eigenvalue weighted by molar-refractivity contribution is 0.131. The van der Waals surface area contributed by atoms with Gasteiger partial charge in [0.25, 0.3) is 0 Å². The predicted molar refractivity (Wildman–Crippen MR) is 86.8 cm³/mol. The zero-order valence-corrected chi connectivity index (χ0v) is 13.1. The van der Waals surface area contributed by atoms with Gasteiger partial charge in [-0.3, -0.25) is 0 Å². The summed E-state index contributed by atoms with van der Waals surface area (Å²) in [7, 11) is 0. The molecule has 1 unspecified atom stereocenters. The molecular formula is C18H26N2O2. The quantitative estimate of drug-likeness (QED) is 0.878. The van der Waals surface area contributed by atoms with Crippen molar-refractivity contribution >= 4 is 6.03 Å². The Kier molecular flexibility index (Phi) is 4.67. The molecule has 1 saturated heterocycles. The van der Waals surface area contributed by atoms with Crippen LogP contribution in [-0.2, 0) is 5.41 Å². The van der Waals surface area contributed by atoms with E-state index in [1.54, 1.807) is 0 Å². The second-order valence-corrected chi connectivity index (χ2v) is 6.66. The molecule has 0 spiro atoms. The zero-order valence-electron chi connectivity index (χ0n) is 13.1. The van der Waals surface area contributed by atoms with Gasteiger partial charge < -0.3 is 15.3 Å². The molecule has 22 heavy (non-hydrogen) atoms. The van der Waals surface area contributed by atoms with E-state index in [1.165, 1.54) is 5.56 Å². The molecular weight excluding hydrogens is 276 g/mol. The van der Waals surface area contributed by atoms with Gasteiger partial charge in [0.15, 0.2) is 0 Å². The number of urea groups is 1. The predicted octanol–water partition coefficient (Wildman–Crippen LogP) is 2.66. The van der Waals surface area contributed by atoms with E-state index in [4.69, 9.17) is 0 Å². The van der Waals surface area contributed by atoms with Crippen LogP contribution < -0.4 is 5.32 Å². The Bertz CT molecular complexity index is 497. The van der Waals surface area contributed by atoms with Crippen LogP contribution in [0.5, 0.6) is 0 Å². The first kappa shape index (κ1) is 15.3. The highest BCUT2D eigenvalue weighted by molar-refractivity contribution is 5.75. The van der Waals surface area contributed by atoms with Gasteiger partial charge in [0.1, 0.15) is 0 Å².